The van der Waals surface area contributed by atoms with Gasteiger partial charge in [0, 0.05) is 9.65 Å². The first kappa shape index (κ1) is 21.9. The lowest BCUT2D eigenvalue weighted by Gasteiger charge is -2.19. The van der Waals surface area contributed by atoms with E-state index in [0.717, 1.165) is 0 Å². The Morgan fingerprint density at radius 2 is 0.905 bits per heavy atom. The van der Waals surface area contributed by atoms with Gasteiger partial charge in [-0.15, -0.1) is 0 Å². The third-order valence-corrected chi connectivity index (χ3v) is 4.81. The molecule has 4 atom stereocenters. The van der Waals surface area contributed by atoms with Crippen molar-refractivity contribution in [2.45, 2.75) is 114 Å². The lowest BCUT2D eigenvalue weighted by atomic mass is 10.1. The summed E-state index contributed by atoms with van der Waals surface area (Å²) in [6, 6.07) is 0. The Bertz CT molecular complexity index is 197. The van der Waals surface area contributed by atoms with Crippen LogP contribution in [0.3, 0.4) is 0 Å². The fourth-order valence-corrected chi connectivity index (χ4v) is 3.25. The molecule has 0 radical (unpaired) electrons. The van der Waals surface area contributed by atoms with Gasteiger partial charge < -0.3 is 4.74 Å². The summed E-state index contributed by atoms with van der Waals surface area (Å²) in [5.41, 5.74) is 0. The van der Waals surface area contributed by atoms with Crippen LogP contribution >= 0.6 is 31.9 Å². The number of hydrogen-bond acceptors (Lipinski definition) is 1. The second-order valence-corrected chi connectivity index (χ2v) is 9.72. The third-order valence-electron chi connectivity index (χ3n) is 3.89. The molecular weight excluding hydrogens is 392 g/mol. The first-order valence-electron chi connectivity index (χ1n) is 8.85. The van der Waals surface area contributed by atoms with Crippen LogP contribution in [-0.4, -0.2) is 21.9 Å². The summed E-state index contributed by atoms with van der Waals surface area (Å²) >= 11 is 7.21. The summed E-state index contributed by atoms with van der Waals surface area (Å²) in [5, 5.41) is 0. The smallest absolute Gasteiger partial charge is 0.0550 e. The molecule has 0 saturated heterocycles. The molecule has 0 fully saturated rings. The van der Waals surface area contributed by atoms with Gasteiger partial charge in [0.05, 0.1) is 12.2 Å². The molecule has 21 heavy (non-hydrogen) atoms. The van der Waals surface area contributed by atoms with E-state index in [1.165, 1.54) is 64.2 Å². The lowest BCUT2D eigenvalue weighted by Crippen LogP contribution is -2.17. The minimum Gasteiger partial charge on any atom is -0.376 e. The lowest BCUT2D eigenvalue weighted by molar-refractivity contribution is -0.00230. The van der Waals surface area contributed by atoms with E-state index in [1.807, 2.05) is 0 Å². The standard InChI is InChI=1S/C18H36Br2O/c1-15(19)11-7-5-9-13-17(3)21-18(4)14-10-6-8-12-16(2)20/h15-18H,5-14H2,1-4H3. The Morgan fingerprint density at radius 1 is 0.571 bits per heavy atom. The van der Waals surface area contributed by atoms with Crippen molar-refractivity contribution >= 4 is 31.9 Å². The predicted octanol–water partition coefficient (Wildman–Crippen LogP) is 7.25. The first-order chi connectivity index (χ1) is 9.91. The largest absolute Gasteiger partial charge is 0.376 e. The molecule has 0 aliphatic heterocycles. The van der Waals surface area contributed by atoms with Gasteiger partial charge in [-0.3, -0.25) is 0 Å². The second-order valence-electron chi connectivity index (χ2n) is 6.59. The van der Waals surface area contributed by atoms with Crippen molar-refractivity contribution in [2.75, 3.05) is 0 Å². The van der Waals surface area contributed by atoms with Gasteiger partial charge in [-0.05, 0) is 39.5 Å². The van der Waals surface area contributed by atoms with Gasteiger partial charge in [-0.1, -0.05) is 84.2 Å². The zero-order valence-corrected chi connectivity index (χ0v) is 17.7. The molecule has 0 aromatic heterocycles. The molecule has 0 heterocycles. The number of ether oxygens (including phenoxy) is 1. The van der Waals surface area contributed by atoms with E-state index >= 15 is 0 Å². The second kappa shape index (κ2) is 14.5. The van der Waals surface area contributed by atoms with Crippen LogP contribution in [0.25, 0.3) is 0 Å². The summed E-state index contributed by atoms with van der Waals surface area (Å²) in [6.07, 6.45) is 13.8. The van der Waals surface area contributed by atoms with Gasteiger partial charge in [0.1, 0.15) is 0 Å². The van der Waals surface area contributed by atoms with Gasteiger partial charge in [0.15, 0.2) is 0 Å². The minimum absolute atomic E-state index is 0.420. The molecule has 3 heteroatoms. The maximum atomic E-state index is 6.09. The topological polar surface area (TPSA) is 9.23 Å². The quantitative estimate of drug-likeness (QED) is 0.209. The molecule has 0 N–H and O–H groups in total. The van der Waals surface area contributed by atoms with E-state index in [0.29, 0.717) is 21.9 Å². The van der Waals surface area contributed by atoms with Crippen LogP contribution in [-0.2, 0) is 4.74 Å². The van der Waals surface area contributed by atoms with Crippen LogP contribution in [0.4, 0.5) is 0 Å². The summed E-state index contributed by atoms with van der Waals surface area (Å²) in [4.78, 5) is 1.33. The maximum Gasteiger partial charge on any atom is 0.0550 e. The average Bonchev–Trinajstić information content (AvgIpc) is 2.37. The Morgan fingerprint density at radius 3 is 1.24 bits per heavy atom. The van der Waals surface area contributed by atoms with Crippen LogP contribution in [0.2, 0.25) is 0 Å². The van der Waals surface area contributed by atoms with E-state index in [-0.39, 0.29) is 0 Å². The number of alkyl halides is 2. The van der Waals surface area contributed by atoms with Crippen molar-refractivity contribution in [2.24, 2.45) is 0 Å². The summed E-state index contributed by atoms with van der Waals surface area (Å²) in [6.45, 7) is 8.92. The molecule has 4 unspecified atom stereocenters. The van der Waals surface area contributed by atoms with E-state index in [9.17, 15) is 0 Å². The fourth-order valence-electron chi connectivity index (χ4n) is 2.60. The Hall–Kier alpha value is 0.920. The molecule has 128 valence electrons. The van der Waals surface area contributed by atoms with E-state index in [4.69, 9.17) is 4.74 Å². The molecule has 0 aliphatic rings. The van der Waals surface area contributed by atoms with Crippen LogP contribution in [0.1, 0.15) is 91.9 Å². The number of rotatable bonds is 14. The fraction of sp³-hybridized carbons (Fsp3) is 1.00. The number of hydrogen-bond donors (Lipinski definition) is 0. The molecule has 0 amide bonds. The van der Waals surface area contributed by atoms with Gasteiger partial charge >= 0.3 is 0 Å². The van der Waals surface area contributed by atoms with Crippen LogP contribution in [0.5, 0.6) is 0 Å². The zero-order chi connectivity index (χ0) is 16.1. The molecule has 0 saturated carbocycles. The van der Waals surface area contributed by atoms with Crippen molar-refractivity contribution in [1.29, 1.82) is 0 Å². The average molecular weight is 428 g/mol. The van der Waals surface area contributed by atoms with Crippen molar-refractivity contribution < 1.29 is 4.74 Å². The van der Waals surface area contributed by atoms with Crippen molar-refractivity contribution in [3.63, 3.8) is 0 Å². The van der Waals surface area contributed by atoms with Crippen molar-refractivity contribution in [3.05, 3.63) is 0 Å². The molecule has 0 aromatic rings. The molecule has 0 rings (SSSR count). The van der Waals surface area contributed by atoms with Crippen LogP contribution < -0.4 is 0 Å². The highest BCUT2D eigenvalue weighted by Gasteiger charge is 2.08. The van der Waals surface area contributed by atoms with Gasteiger partial charge in [0.25, 0.3) is 0 Å². The summed E-state index contributed by atoms with van der Waals surface area (Å²) in [5.74, 6) is 0. The third kappa shape index (κ3) is 17.1. The molecule has 0 bridgehead atoms. The van der Waals surface area contributed by atoms with Gasteiger partial charge in [-0.2, -0.15) is 0 Å². The number of halogens is 2. The highest BCUT2D eigenvalue weighted by molar-refractivity contribution is 9.09. The van der Waals surface area contributed by atoms with E-state index in [2.05, 4.69) is 59.6 Å². The molecular formula is C18H36Br2O. The Labute approximate surface area is 150 Å². The molecule has 0 aliphatic carbocycles. The Kier molecular flexibility index (Phi) is 15.1. The zero-order valence-electron chi connectivity index (χ0n) is 14.5. The van der Waals surface area contributed by atoms with Crippen LogP contribution in [0.15, 0.2) is 0 Å². The van der Waals surface area contributed by atoms with Gasteiger partial charge in [-0.25, -0.2) is 0 Å². The SMILES string of the molecule is CC(Br)CCCCCC(C)OC(C)CCCCCC(C)Br. The van der Waals surface area contributed by atoms with Crippen molar-refractivity contribution in [3.8, 4) is 0 Å². The molecule has 0 aromatic carbocycles. The van der Waals surface area contributed by atoms with E-state index < -0.39 is 0 Å². The predicted molar refractivity (Wildman–Crippen MR) is 103 cm³/mol. The van der Waals surface area contributed by atoms with Crippen LogP contribution in [0, 0.1) is 0 Å². The monoisotopic (exact) mass is 426 g/mol. The van der Waals surface area contributed by atoms with Crippen molar-refractivity contribution in [1.82, 2.24) is 0 Å². The maximum absolute atomic E-state index is 6.09. The highest BCUT2D eigenvalue weighted by atomic mass is 79.9. The minimum atomic E-state index is 0.420. The summed E-state index contributed by atoms with van der Waals surface area (Å²) in [7, 11) is 0. The molecule has 1 nitrogen and oxygen atoms in total. The van der Waals surface area contributed by atoms with Gasteiger partial charge in [0.2, 0.25) is 0 Å². The summed E-state index contributed by atoms with van der Waals surface area (Å²) < 4.78 is 6.09. The Balaban J connectivity index is 3.41. The normalized spacial score (nSPS) is 17.4. The van der Waals surface area contributed by atoms with E-state index in [1.54, 1.807) is 0 Å². The molecule has 0 spiro atoms. The first-order valence-corrected chi connectivity index (χ1v) is 10.7. The highest BCUT2D eigenvalue weighted by Crippen LogP contribution is 2.16. The number of unbranched alkanes of at least 4 members (excludes halogenated alkanes) is 4.